The average Bonchev–Trinajstić information content (AvgIpc) is 3.15. The molecule has 0 spiro atoms. The smallest absolute Gasteiger partial charge is 0.235 e. The third kappa shape index (κ3) is 2.68. The van der Waals surface area contributed by atoms with E-state index in [2.05, 4.69) is 28.3 Å². The van der Waals surface area contributed by atoms with Gasteiger partial charge < -0.3 is 4.74 Å². The Morgan fingerprint density at radius 3 is 2.61 bits per heavy atom. The number of fused-ring (bicyclic) bond motifs is 1. The van der Waals surface area contributed by atoms with Crippen LogP contribution in [0.2, 0.25) is 0 Å². The Hall–Kier alpha value is -2.73. The first-order valence-electron chi connectivity index (χ1n) is 7.26. The second kappa shape index (κ2) is 5.81. The number of ether oxygens (including phenoxy) is 1. The number of aromatic nitrogens is 4. The highest BCUT2D eigenvalue weighted by Crippen LogP contribution is 2.24. The zero-order valence-electron chi connectivity index (χ0n) is 12.5. The van der Waals surface area contributed by atoms with Crippen molar-refractivity contribution in [2.24, 2.45) is 0 Å². The fraction of sp³-hybridized carbons (Fsp3) is 0.118. The summed E-state index contributed by atoms with van der Waals surface area (Å²) in [7, 11) is 0. The van der Waals surface area contributed by atoms with Crippen molar-refractivity contribution in [3.8, 4) is 17.1 Å². The molecule has 0 bridgehead atoms. The van der Waals surface area contributed by atoms with Crippen molar-refractivity contribution in [3.05, 3.63) is 65.2 Å². The van der Waals surface area contributed by atoms with E-state index in [0.29, 0.717) is 6.61 Å². The minimum Gasteiger partial charge on any atom is -0.486 e. The largest absolute Gasteiger partial charge is 0.486 e. The molecule has 0 aliphatic heterocycles. The predicted molar refractivity (Wildman–Crippen MR) is 89.6 cm³/mol. The number of para-hydroxylation sites is 1. The molecule has 0 atom stereocenters. The highest BCUT2D eigenvalue weighted by Gasteiger charge is 2.14. The van der Waals surface area contributed by atoms with Crippen molar-refractivity contribution in [3.63, 3.8) is 0 Å². The molecule has 0 aliphatic carbocycles. The molecular formula is C17H14N4OS. The van der Waals surface area contributed by atoms with Crippen LogP contribution in [0.3, 0.4) is 0 Å². The van der Waals surface area contributed by atoms with Gasteiger partial charge in [-0.05, 0) is 24.6 Å². The van der Waals surface area contributed by atoms with E-state index in [4.69, 9.17) is 4.74 Å². The third-order valence-electron chi connectivity index (χ3n) is 3.52. The van der Waals surface area contributed by atoms with E-state index in [9.17, 15) is 0 Å². The number of benzene rings is 2. The standard InChI is InChI=1S/C17H14N4OS/c1-12-7-5-6-10-14(12)16-18-19-17-21(16)20-15(23-17)11-22-13-8-3-2-4-9-13/h2-10H,11H2,1H3. The lowest BCUT2D eigenvalue weighted by molar-refractivity contribution is 0.304. The molecule has 0 saturated carbocycles. The molecule has 2 aromatic carbocycles. The number of rotatable bonds is 4. The molecule has 0 N–H and O–H groups in total. The maximum atomic E-state index is 5.75. The van der Waals surface area contributed by atoms with E-state index >= 15 is 0 Å². The van der Waals surface area contributed by atoms with Gasteiger partial charge in [0.25, 0.3) is 0 Å². The maximum Gasteiger partial charge on any atom is 0.235 e. The summed E-state index contributed by atoms with van der Waals surface area (Å²) in [5, 5.41) is 14.0. The molecule has 5 nitrogen and oxygen atoms in total. The average molecular weight is 322 g/mol. The van der Waals surface area contributed by atoms with E-state index in [1.165, 1.54) is 11.3 Å². The van der Waals surface area contributed by atoms with Gasteiger partial charge in [0.05, 0.1) is 0 Å². The molecule has 114 valence electrons. The van der Waals surface area contributed by atoms with Crippen LogP contribution in [0.5, 0.6) is 5.75 Å². The quantitative estimate of drug-likeness (QED) is 0.574. The van der Waals surface area contributed by atoms with Crippen LogP contribution in [0.15, 0.2) is 54.6 Å². The lowest BCUT2D eigenvalue weighted by atomic mass is 10.1. The minimum atomic E-state index is 0.422. The van der Waals surface area contributed by atoms with Crippen LogP contribution in [0, 0.1) is 6.92 Å². The third-order valence-corrected chi connectivity index (χ3v) is 4.40. The normalized spacial score (nSPS) is 11.0. The van der Waals surface area contributed by atoms with E-state index in [1.807, 2.05) is 48.5 Å². The Morgan fingerprint density at radius 1 is 1.00 bits per heavy atom. The first-order valence-corrected chi connectivity index (χ1v) is 8.08. The van der Waals surface area contributed by atoms with Crippen molar-refractivity contribution >= 4 is 16.3 Å². The van der Waals surface area contributed by atoms with Crippen molar-refractivity contribution in [1.82, 2.24) is 19.8 Å². The molecule has 0 radical (unpaired) electrons. The van der Waals surface area contributed by atoms with Crippen LogP contribution in [0.25, 0.3) is 16.3 Å². The van der Waals surface area contributed by atoms with Crippen LogP contribution in [0.4, 0.5) is 0 Å². The van der Waals surface area contributed by atoms with Crippen LogP contribution >= 0.6 is 11.3 Å². The Morgan fingerprint density at radius 2 is 1.78 bits per heavy atom. The summed E-state index contributed by atoms with van der Waals surface area (Å²) in [5.74, 6) is 1.60. The topological polar surface area (TPSA) is 52.3 Å². The van der Waals surface area contributed by atoms with Crippen molar-refractivity contribution in [2.45, 2.75) is 13.5 Å². The molecule has 23 heavy (non-hydrogen) atoms. The predicted octanol–water partition coefficient (Wildman–Crippen LogP) is 3.74. The maximum absolute atomic E-state index is 5.75. The van der Waals surface area contributed by atoms with E-state index in [0.717, 1.165) is 32.7 Å². The van der Waals surface area contributed by atoms with Gasteiger partial charge in [-0.3, -0.25) is 0 Å². The zero-order chi connectivity index (χ0) is 15.6. The van der Waals surface area contributed by atoms with Gasteiger partial charge >= 0.3 is 0 Å². The minimum absolute atomic E-state index is 0.422. The SMILES string of the molecule is Cc1ccccc1-c1nnc2sc(COc3ccccc3)nn12. The van der Waals surface area contributed by atoms with Crippen LogP contribution < -0.4 is 4.74 Å². The molecule has 0 saturated heterocycles. The van der Waals surface area contributed by atoms with Crippen molar-refractivity contribution < 1.29 is 4.74 Å². The van der Waals surface area contributed by atoms with Crippen molar-refractivity contribution in [2.75, 3.05) is 0 Å². The van der Waals surface area contributed by atoms with Gasteiger partial charge in [-0.25, -0.2) is 0 Å². The lowest BCUT2D eigenvalue weighted by Gasteiger charge is -2.02. The van der Waals surface area contributed by atoms with Gasteiger partial charge in [0.15, 0.2) is 10.8 Å². The Kier molecular flexibility index (Phi) is 3.51. The molecule has 2 heterocycles. The van der Waals surface area contributed by atoms with Crippen molar-refractivity contribution in [1.29, 1.82) is 0 Å². The molecule has 4 rings (SSSR count). The highest BCUT2D eigenvalue weighted by molar-refractivity contribution is 7.16. The van der Waals surface area contributed by atoms with Gasteiger partial charge in [0.2, 0.25) is 4.96 Å². The van der Waals surface area contributed by atoms with Crippen LogP contribution in [0.1, 0.15) is 10.6 Å². The molecule has 4 aromatic rings. The van der Waals surface area contributed by atoms with Crippen LogP contribution in [-0.4, -0.2) is 19.8 Å². The highest BCUT2D eigenvalue weighted by atomic mass is 32.1. The molecule has 2 aromatic heterocycles. The monoisotopic (exact) mass is 322 g/mol. The summed E-state index contributed by atoms with van der Waals surface area (Å²) < 4.78 is 7.54. The molecule has 0 fully saturated rings. The van der Waals surface area contributed by atoms with Gasteiger partial charge in [-0.1, -0.05) is 53.8 Å². The van der Waals surface area contributed by atoms with Gasteiger partial charge in [0, 0.05) is 5.56 Å². The number of aryl methyl sites for hydroxylation is 1. The Labute approximate surface area is 137 Å². The lowest BCUT2D eigenvalue weighted by Crippen LogP contribution is -1.97. The fourth-order valence-electron chi connectivity index (χ4n) is 2.37. The summed E-state index contributed by atoms with van der Waals surface area (Å²) in [5.41, 5.74) is 2.19. The Balaban J connectivity index is 1.63. The molecule has 6 heteroatoms. The second-order valence-corrected chi connectivity index (χ2v) is 6.17. The first-order chi connectivity index (χ1) is 11.3. The number of hydrogen-bond acceptors (Lipinski definition) is 5. The number of hydrogen-bond donors (Lipinski definition) is 0. The van der Waals surface area contributed by atoms with Crippen LogP contribution in [-0.2, 0) is 6.61 Å². The molecule has 0 aliphatic rings. The van der Waals surface area contributed by atoms with Gasteiger partial charge in [-0.2, -0.15) is 9.61 Å². The summed E-state index contributed by atoms with van der Waals surface area (Å²) in [6.07, 6.45) is 0. The number of nitrogens with zero attached hydrogens (tertiary/aromatic N) is 4. The van der Waals surface area contributed by atoms with E-state index in [-0.39, 0.29) is 0 Å². The second-order valence-electron chi connectivity index (χ2n) is 5.13. The zero-order valence-corrected chi connectivity index (χ0v) is 13.3. The van der Waals surface area contributed by atoms with Gasteiger partial charge in [0.1, 0.15) is 12.4 Å². The molecule has 0 unspecified atom stereocenters. The summed E-state index contributed by atoms with van der Waals surface area (Å²) >= 11 is 1.49. The summed E-state index contributed by atoms with van der Waals surface area (Å²) in [4.78, 5) is 0.773. The summed E-state index contributed by atoms with van der Waals surface area (Å²) in [6.45, 7) is 2.48. The first kappa shape index (κ1) is 13.9. The molecular weight excluding hydrogens is 308 g/mol. The van der Waals surface area contributed by atoms with Gasteiger partial charge in [-0.15, -0.1) is 10.2 Å². The Bertz CT molecular complexity index is 946. The van der Waals surface area contributed by atoms with E-state index < -0.39 is 0 Å². The van der Waals surface area contributed by atoms with E-state index in [1.54, 1.807) is 4.52 Å². The fourth-order valence-corrected chi connectivity index (χ4v) is 3.11. The molecule has 0 amide bonds. The summed E-state index contributed by atoms with van der Waals surface area (Å²) in [6, 6.07) is 17.8.